The van der Waals surface area contributed by atoms with Gasteiger partial charge in [-0.1, -0.05) is 17.8 Å². The van der Waals surface area contributed by atoms with Crippen LogP contribution in [0.5, 0.6) is 0 Å². The van der Waals surface area contributed by atoms with Gasteiger partial charge in [0.05, 0.1) is 0 Å². The van der Waals surface area contributed by atoms with Gasteiger partial charge in [0.1, 0.15) is 0 Å². The van der Waals surface area contributed by atoms with Gasteiger partial charge in [-0.15, -0.1) is 0 Å². The van der Waals surface area contributed by atoms with Gasteiger partial charge in [0.2, 0.25) is 0 Å². The Labute approximate surface area is 93.0 Å². The molecule has 0 aliphatic heterocycles. The summed E-state index contributed by atoms with van der Waals surface area (Å²) in [5.74, 6) is 0. The molecule has 2 rings (SSSR count). The van der Waals surface area contributed by atoms with E-state index >= 15 is 0 Å². The average Bonchev–Trinajstić information content (AvgIpc) is 2.31. The third-order valence-electron chi connectivity index (χ3n) is 2.00. The van der Waals surface area contributed by atoms with E-state index in [0.29, 0.717) is 0 Å². The molecule has 2 aromatic rings. The van der Waals surface area contributed by atoms with Gasteiger partial charge in [-0.05, 0) is 23.4 Å². The van der Waals surface area contributed by atoms with E-state index in [-0.39, 0.29) is 0 Å². The second-order valence-corrected chi connectivity index (χ2v) is 3.89. The molecule has 0 saturated heterocycles. The third kappa shape index (κ3) is 2.76. The Morgan fingerprint density at radius 2 is 1.93 bits per heavy atom. The summed E-state index contributed by atoms with van der Waals surface area (Å²) < 4.78 is 0. The minimum absolute atomic E-state index is 0.810. The number of thioether (sulfide) groups is 1. The second-order valence-electron chi connectivity index (χ2n) is 3.12. The number of rotatable bonds is 3. The Hall–Kier alpha value is -1.42. The molecule has 2 heterocycles. The Morgan fingerprint density at radius 1 is 1.13 bits per heavy atom. The summed E-state index contributed by atoms with van der Waals surface area (Å²) in [5, 5.41) is 0.810. The maximum Gasteiger partial charge on any atom is 0.187 e. The van der Waals surface area contributed by atoms with Crippen LogP contribution in [0.15, 0.2) is 42.1 Å². The van der Waals surface area contributed by atoms with E-state index in [0.717, 1.165) is 17.1 Å². The molecule has 76 valence electrons. The predicted molar refractivity (Wildman–Crippen MR) is 60.9 cm³/mol. The van der Waals surface area contributed by atoms with Gasteiger partial charge >= 0.3 is 0 Å². The molecular weight excluding hydrogens is 206 g/mol. The van der Waals surface area contributed by atoms with Crippen LogP contribution in [0, 0.1) is 0 Å². The molecule has 4 heteroatoms. The summed E-state index contributed by atoms with van der Waals surface area (Å²) in [4.78, 5) is 12.5. The highest BCUT2D eigenvalue weighted by molar-refractivity contribution is 7.98. The topological polar surface area (TPSA) is 38.7 Å². The van der Waals surface area contributed by atoms with Crippen molar-refractivity contribution in [2.45, 2.75) is 11.6 Å². The van der Waals surface area contributed by atoms with Crippen molar-refractivity contribution in [3.63, 3.8) is 0 Å². The fourth-order valence-corrected chi connectivity index (χ4v) is 1.59. The molecule has 0 amide bonds. The first-order chi connectivity index (χ1) is 7.38. The van der Waals surface area contributed by atoms with Crippen molar-refractivity contribution in [1.29, 1.82) is 0 Å². The van der Waals surface area contributed by atoms with E-state index in [1.165, 1.54) is 5.56 Å². The first-order valence-electron chi connectivity index (χ1n) is 4.62. The van der Waals surface area contributed by atoms with Crippen LogP contribution in [0.4, 0.5) is 0 Å². The Balaban J connectivity index is 2.11. The van der Waals surface area contributed by atoms with Crippen LogP contribution in [-0.4, -0.2) is 21.2 Å². The van der Waals surface area contributed by atoms with Crippen molar-refractivity contribution in [1.82, 2.24) is 15.0 Å². The van der Waals surface area contributed by atoms with E-state index in [4.69, 9.17) is 0 Å². The quantitative estimate of drug-likeness (QED) is 0.583. The molecule has 0 aliphatic carbocycles. The Kier molecular flexibility index (Phi) is 3.29. The zero-order valence-electron chi connectivity index (χ0n) is 8.42. The molecule has 2 aromatic heterocycles. The molecule has 0 fully saturated rings. The smallest absolute Gasteiger partial charge is 0.187 e. The fraction of sp³-hybridized carbons (Fsp3) is 0.182. The van der Waals surface area contributed by atoms with Gasteiger partial charge in [0.15, 0.2) is 5.16 Å². The van der Waals surface area contributed by atoms with Crippen molar-refractivity contribution < 1.29 is 0 Å². The fourth-order valence-electron chi connectivity index (χ4n) is 1.28. The predicted octanol–water partition coefficient (Wildman–Crippen LogP) is 2.18. The van der Waals surface area contributed by atoms with Gasteiger partial charge < -0.3 is 0 Å². The summed E-state index contributed by atoms with van der Waals surface area (Å²) >= 11 is 1.55. The zero-order valence-corrected chi connectivity index (χ0v) is 9.24. The molecule has 0 bridgehead atoms. The van der Waals surface area contributed by atoms with E-state index in [1.54, 1.807) is 18.0 Å². The molecule has 0 N–H and O–H groups in total. The van der Waals surface area contributed by atoms with Crippen molar-refractivity contribution >= 4 is 11.8 Å². The van der Waals surface area contributed by atoms with Crippen LogP contribution in [0.2, 0.25) is 0 Å². The Morgan fingerprint density at radius 3 is 2.53 bits per heavy atom. The van der Waals surface area contributed by atoms with E-state index in [1.807, 2.05) is 30.9 Å². The van der Waals surface area contributed by atoms with Gasteiger partial charge in [-0.3, -0.25) is 4.98 Å². The monoisotopic (exact) mass is 217 g/mol. The van der Waals surface area contributed by atoms with Gasteiger partial charge in [0, 0.05) is 31.2 Å². The normalized spacial score (nSPS) is 10.2. The molecule has 3 nitrogen and oxygen atoms in total. The highest BCUT2D eigenvalue weighted by Gasteiger charge is 1.98. The molecule has 0 radical (unpaired) electrons. The second kappa shape index (κ2) is 4.89. The summed E-state index contributed by atoms with van der Waals surface area (Å²) in [6, 6.07) is 3.99. The van der Waals surface area contributed by atoms with Crippen LogP contribution < -0.4 is 0 Å². The highest BCUT2D eigenvalue weighted by atomic mass is 32.2. The SMILES string of the molecule is CSc1ncc(Cc2cccnc2)cn1. The minimum atomic E-state index is 0.810. The van der Waals surface area contributed by atoms with E-state index in [9.17, 15) is 0 Å². The lowest BCUT2D eigenvalue weighted by Gasteiger charge is -2.00. The number of hydrogen-bond donors (Lipinski definition) is 0. The van der Waals surface area contributed by atoms with Crippen molar-refractivity contribution in [3.8, 4) is 0 Å². The van der Waals surface area contributed by atoms with Crippen LogP contribution in [0.3, 0.4) is 0 Å². The maximum atomic E-state index is 4.22. The lowest BCUT2D eigenvalue weighted by atomic mass is 10.1. The number of hydrogen-bond acceptors (Lipinski definition) is 4. The number of pyridine rings is 1. The molecule has 0 saturated carbocycles. The standard InChI is InChI=1S/C11H11N3S/c1-15-11-13-7-10(8-14-11)5-9-3-2-4-12-6-9/h2-4,6-8H,5H2,1H3. The molecular formula is C11H11N3S. The number of nitrogens with zero attached hydrogens (tertiary/aromatic N) is 3. The molecule has 0 atom stereocenters. The maximum absolute atomic E-state index is 4.22. The number of aromatic nitrogens is 3. The first kappa shape index (κ1) is 10.1. The largest absolute Gasteiger partial charge is 0.264 e. The molecule has 0 aromatic carbocycles. The third-order valence-corrected chi connectivity index (χ3v) is 2.57. The minimum Gasteiger partial charge on any atom is -0.264 e. The summed E-state index contributed by atoms with van der Waals surface area (Å²) in [5.41, 5.74) is 2.29. The summed E-state index contributed by atoms with van der Waals surface area (Å²) in [7, 11) is 0. The van der Waals surface area contributed by atoms with Gasteiger partial charge in [0.25, 0.3) is 0 Å². The van der Waals surface area contributed by atoms with Crippen molar-refractivity contribution in [3.05, 3.63) is 48.0 Å². The van der Waals surface area contributed by atoms with E-state index < -0.39 is 0 Å². The van der Waals surface area contributed by atoms with Crippen LogP contribution in [0.1, 0.15) is 11.1 Å². The zero-order chi connectivity index (χ0) is 10.5. The lowest BCUT2D eigenvalue weighted by Crippen LogP contribution is -1.92. The first-order valence-corrected chi connectivity index (χ1v) is 5.85. The Bertz CT molecular complexity index is 414. The highest BCUT2D eigenvalue weighted by Crippen LogP contribution is 2.10. The molecule has 0 spiro atoms. The lowest BCUT2D eigenvalue weighted by molar-refractivity contribution is 0.934. The van der Waals surface area contributed by atoms with Crippen LogP contribution >= 0.6 is 11.8 Å². The van der Waals surface area contributed by atoms with Crippen molar-refractivity contribution in [2.24, 2.45) is 0 Å². The van der Waals surface area contributed by atoms with Crippen LogP contribution in [-0.2, 0) is 6.42 Å². The molecule has 0 unspecified atom stereocenters. The van der Waals surface area contributed by atoms with Crippen molar-refractivity contribution in [2.75, 3.05) is 6.26 Å². The van der Waals surface area contributed by atoms with Crippen LogP contribution in [0.25, 0.3) is 0 Å². The average molecular weight is 217 g/mol. The molecule has 15 heavy (non-hydrogen) atoms. The van der Waals surface area contributed by atoms with Gasteiger partial charge in [-0.2, -0.15) is 0 Å². The molecule has 0 aliphatic rings. The summed E-state index contributed by atoms with van der Waals surface area (Å²) in [6.07, 6.45) is 10.2. The van der Waals surface area contributed by atoms with E-state index in [2.05, 4.69) is 21.0 Å². The van der Waals surface area contributed by atoms with Gasteiger partial charge in [-0.25, -0.2) is 9.97 Å². The summed E-state index contributed by atoms with van der Waals surface area (Å²) in [6.45, 7) is 0.